The molecule has 0 radical (unpaired) electrons. The largest absolute Gasteiger partial charge is 0.379 e. The number of morpholine rings is 1. The molecule has 4 rings (SSSR count). The number of amides is 1. The smallest absolute Gasteiger partial charge is 0.274 e. The first-order chi connectivity index (χ1) is 10.8. The van der Waals surface area contributed by atoms with Crippen molar-refractivity contribution in [2.45, 2.75) is 19.4 Å². The van der Waals surface area contributed by atoms with Gasteiger partial charge in [0.05, 0.1) is 18.9 Å². The van der Waals surface area contributed by atoms with Gasteiger partial charge < -0.3 is 9.64 Å². The summed E-state index contributed by atoms with van der Waals surface area (Å²) in [6.45, 7) is 5.84. The highest BCUT2D eigenvalue weighted by Gasteiger charge is 2.27. The molecule has 0 aliphatic carbocycles. The van der Waals surface area contributed by atoms with Crippen LogP contribution in [0.3, 0.4) is 0 Å². The number of likely N-dealkylation sites (tertiary alicyclic amines) is 1. The van der Waals surface area contributed by atoms with Gasteiger partial charge in [0.25, 0.3) is 5.91 Å². The van der Waals surface area contributed by atoms with Crippen LogP contribution in [0.15, 0.2) is 11.6 Å². The number of fused-ring (bicyclic) bond motifs is 1. The third kappa shape index (κ3) is 2.53. The maximum Gasteiger partial charge on any atom is 0.274 e. The average Bonchev–Trinajstić information content (AvgIpc) is 3.26. The lowest BCUT2D eigenvalue weighted by Gasteiger charge is -2.26. The van der Waals surface area contributed by atoms with Gasteiger partial charge in [0, 0.05) is 44.3 Å². The molecule has 2 fully saturated rings. The van der Waals surface area contributed by atoms with E-state index in [1.165, 1.54) is 0 Å². The predicted octanol–water partition coefficient (Wildman–Crippen LogP) is 1.46. The van der Waals surface area contributed by atoms with Gasteiger partial charge in [-0.1, -0.05) is 0 Å². The SMILES string of the molecule is O=C(c1nc2sccn2c1CN1CCOCC1)N1CCCC1. The van der Waals surface area contributed by atoms with Crippen LogP contribution in [-0.2, 0) is 11.3 Å². The molecule has 2 aliphatic heterocycles. The number of imidazole rings is 1. The van der Waals surface area contributed by atoms with Gasteiger partial charge in [-0.25, -0.2) is 4.98 Å². The number of ether oxygens (including phenoxy) is 1. The monoisotopic (exact) mass is 320 g/mol. The molecule has 0 aromatic carbocycles. The van der Waals surface area contributed by atoms with Gasteiger partial charge >= 0.3 is 0 Å². The molecule has 0 N–H and O–H groups in total. The molecule has 2 aliphatic rings. The molecule has 2 aromatic rings. The molecule has 22 heavy (non-hydrogen) atoms. The van der Waals surface area contributed by atoms with Gasteiger partial charge in [-0.05, 0) is 12.8 Å². The maximum atomic E-state index is 12.8. The van der Waals surface area contributed by atoms with Crippen molar-refractivity contribution in [3.8, 4) is 0 Å². The highest BCUT2D eigenvalue weighted by Crippen LogP contribution is 2.22. The second kappa shape index (κ2) is 5.98. The number of rotatable bonds is 3. The van der Waals surface area contributed by atoms with Gasteiger partial charge in [0.15, 0.2) is 10.7 Å². The molecule has 0 unspecified atom stereocenters. The number of carbonyl (C=O) groups excluding carboxylic acids is 1. The molecular formula is C15H20N4O2S. The van der Waals surface area contributed by atoms with E-state index in [-0.39, 0.29) is 5.91 Å². The molecule has 6 nitrogen and oxygen atoms in total. The van der Waals surface area contributed by atoms with Crippen LogP contribution in [0.5, 0.6) is 0 Å². The minimum absolute atomic E-state index is 0.0941. The van der Waals surface area contributed by atoms with Crippen molar-refractivity contribution < 1.29 is 9.53 Å². The summed E-state index contributed by atoms with van der Waals surface area (Å²) in [4.78, 5) is 22.6. The first-order valence-electron chi connectivity index (χ1n) is 7.87. The normalized spacial score (nSPS) is 20.1. The molecule has 118 valence electrons. The number of thiazole rings is 1. The molecule has 2 aromatic heterocycles. The zero-order chi connectivity index (χ0) is 14.9. The van der Waals surface area contributed by atoms with Gasteiger partial charge in [-0.15, -0.1) is 11.3 Å². The van der Waals surface area contributed by atoms with Crippen LogP contribution in [0.25, 0.3) is 4.96 Å². The Kier molecular flexibility index (Phi) is 3.85. The Morgan fingerprint density at radius 2 is 2.00 bits per heavy atom. The van der Waals surface area contributed by atoms with Crippen LogP contribution >= 0.6 is 11.3 Å². The van der Waals surface area contributed by atoms with Crippen molar-refractivity contribution in [3.05, 3.63) is 23.0 Å². The van der Waals surface area contributed by atoms with Gasteiger partial charge in [-0.3, -0.25) is 14.1 Å². The van der Waals surface area contributed by atoms with Crippen molar-refractivity contribution in [1.29, 1.82) is 0 Å². The Bertz CT molecular complexity index is 668. The highest BCUT2D eigenvalue weighted by atomic mass is 32.1. The van der Waals surface area contributed by atoms with Crippen molar-refractivity contribution in [2.75, 3.05) is 39.4 Å². The molecule has 1 amide bonds. The first-order valence-corrected chi connectivity index (χ1v) is 8.75. The summed E-state index contributed by atoms with van der Waals surface area (Å²) >= 11 is 1.58. The summed E-state index contributed by atoms with van der Waals surface area (Å²) in [6, 6.07) is 0. The average molecular weight is 320 g/mol. The second-order valence-electron chi connectivity index (χ2n) is 5.85. The van der Waals surface area contributed by atoms with Crippen molar-refractivity contribution in [1.82, 2.24) is 19.2 Å². The van der Waals surface area contributed by atoms with Crippen molar-refractivity contribution >= 4 is 22.2 Å². The number of aromatic nitrogens is 2. The molecular weight excluding hydrogens is 300 g/mol. The quantitative estimate of drug-likeness (QED) is 0.859. The zero-order valence-corrected chi connectivity index (χ0v) is 13.3. The van der Waals surface area contributed by atoms with E-state index in [9.17, 15) is 4.79 Å². The summed E-state index contributed by atoms with van der Waals surface area (Å²) in [6.07, 6.45) is 4.23. The molecule has 4 heterocycles. The summed E-state index contributed by atoms with van der Waals surface area (Å²) in [5.41, 5.74) is 1.66. The fourth-order valence-electron chi connectivity index (χ4n) is 3.20. The van der Waals surface area contributed by atoms with E-state index in [4.69, 9.17) is 4.74 Å². The van der Waals surface area contributed by atoms with E-state index in [0.29, 0.717) is 5.69 Å². The molecule has 0 saturated carbocycles. The third-order valence-electron chi connectivity index (χ3n) is 4.43. The van der Waals surface area contributed by atoms with E-state index >= 15 is 0 Å². The first kappa shape index (κ1) is 14.2. The second-order valence-corrected chi connectivity index (χ2v) is 6.72. The fourth-order valence-corrected chi connectivity index (χ4v) is 3.93. The lowest BCUT2D eigenvalue weighted by Crippen LogP contribution is -2.37. The zero-order valence-electron chi connectivity index (χ0n) is 12.5. The van der Waals surface area contributed by atoms with Gasteiger partial charge in [0.1, 0.15) is 0 Å². The summed E-state index contributed by atoms with van der Waals surface area (Å²) in [5.74, 6) is 0.0941. The van der Waals surface area contributed by atoms with Gasteiger partial charge in [0.2, 0.25) is 0 Å². The van der Waals surface area contributed by atoms with Crippen LogP contribution in [0.4, 0.5) is 0 Å². The van der Waals surface area contributed by atoms with Crippen LogP contribution in [0, 0.1) is 0 Å². The third-order valence-corrected chi connectivity index (χ3v) is 5.19. The number of hydrogen-bond acceptors (Lipinski definition) is 5. The number of hydrogen-bond donors (Lipinski definition) is 0. The van der Waals surface area contributed by atoms with Gasteiger partial charge in [-0.2, -0.15) is 0 Å². The number of carbonyl (C=O) groups is 1. The molecule has 0 spiro atoms. The van der Waals surface area contributed by atoms with Crippen LogP contribution in [0.1, 0.15) is 29.0 Å². The standard InChI is InChI=1S/C15H20N4O2S/c20-14(18-3-1-2-4-18)13-12(11-17-5-8-21-9-6-17)19-7-10-22-15(19)16-13/h7,10H,1-6,8-9,11H2. The fraction of sp³-hybridized carbons (Fsp3) is 0.600. The van der Waals surface area contributed by atoms with Crippen molar-refractivity contribution in [2.24, 2.45) is 0 Å². The molecule has 0 bridgehead atoms. The topological polar surface area (TPSA) is 50.1 Å². The Morgan fingerprint density at radius 1 is 1.23 bits per heavy atom. The van der Waals surface area contributed by atoms with E-state index in [1.807, 2.05) is 16.5 Å². The Labute approximate surface area is 133 Å². The lowest BCUT2D eigenvalue weighted by atomic mass is 10.2. The van der Waals surface area contributed by atoms with E-state index in [1.54, 1.807) is 11.3 Å². The summed E-state index contributed by atoms with van der Waals surface area (Å²) < 4.78 is 7.49. The van der Waals surface area contributed by atoms with E-state index in [2.05, 4.69) is 14.3 Å². The van der Waals surface area contributed by atoms with E-state index in [0.717, 1.165) is 69.4 Å². The Morgan fingerprint density at radius 3 is 2.77 bits per heavy atom. The van der Waals surface area contributed by atoms with Crippen LogP contribution < -0.4 is 0 Å². The molecule has 7 heteroatoms. The minimum atomic E-state index is 0.0941. The predicted molar refractivity (Wildman–Crippen MR) is 84.3 cm³/mol. The van der Waals surface area contributed by atoms with Crippen LogP contribution in [0.2, 0.25) is 0 Å². The minimum Gasteiger partial charge on any atom is -0.379 e. The number of nitrogens with zero attached hydrogens (tertiary/aromatic N) is 4. The Balaban J connectivity index is 1.65. The van der Waals surface area contributed by atoms with Crippen LogP contribution in [-0.4, -0.2) is 64.5 Å². The molecule has 0 atom stereocenters. The molecule has 2 saturated heterocycles. The maximum absolute atomic E-state index is 12.8. The summed E-state index contributed by atoms with van der Waals surface area (Å²) in [7, 11) is 0. The lowest BCUT2D eigenvalue weighted by molar-refractivity contribution is 0.0333. The van der Waals surface area contributed by atoms with Crippen molar-refractivity contribution in [3.63, 3.8) is 0 Å². The highest BCUT2D eigenvalue weighted by molar-refractivity contribution is 7.15. The summed E-state index contributed by atoms with van der Waals surface area (Å²) in [5, 5.41) is 2.02. The van der Waals surface area contributed by atoms with E-state index < -0.39 is 0 Å². The Hall–Kier alpha value is -1.44.